The Bertz CT molecular complexity index is 1580. The first-order valence-electron chi connectivity index (χ1n) is 16.9. The van der Waals surface area contributed by atoms with Crippen LogP contribution in [0.15, 0.2) is 36.4 Å². The lowest BCUT2D eigenvalue weighted by Gasteiger charge is -2.41. The van der Waals surface area contributed by atoms with Crippen LogP contribution in [0.4, 0.5) is 11.5 Å². The topological polar surface area (TPSA) is 84.5 Å². The maximum Gasteiger partial charge on any atom is 0.136 e. The molecular formula is C38H48N8. The second-order valence-electron chi connectivity index (χ2n) is 12.4. The largest absolute Gasteiger partial charge is 0.365 e. The van der Waals surface area contributed by atoms with E-state index in [0.29, 0.717) is 6.42 Å². The molecule has 0 aliphatic carbocycles. The smallest absolute Gasteiger partial charge is 0.136 e. The molecule has 240 valence electrons. The van der Waals surface area contributed by atoms with Gasteiger partial charge < -0.3 is 24.9 Å². The fraction of sp³-hybridized carbons (Fsp3) is 0.500. The Morgan fingerprint density at radius 2 is 1.74 bits per heavy atom. The minimum absolute atomic E-state index is 0.0261. The molecule has 0 bridgehead atoms. The van der Waals surface area contributed by atoms with Crippen LogP contribution in [0.1, 0.15) is 55.3 Å². The van der Waals surface area contributed by atoms with Gasteiger partial charge in [0.2, 0.25) is 0 Å². The molecule has 2 aromatic carbocycles. The minimum atomic E-state index is 0.0261. The third-order valence-electron chi connectivity index (χ3n) is 9.13. The van der Waals surface area contributed by atoms with Crippen LogP contribution in [-0.2, 0) is 19.4 Å². The summed E-state index contributed by atoms with van der Waals surface area (Å²) < 4.78 is 0. The van der Waals surface area contributed by atoms with E-state index in [9.17, 15) is 5.26 Å². The van der Waals surface area contributed by atoms with Gasteiger partial charge >= 0.3 is 0 Å². The second-order valence-corrected chi connectivity index (χ2v) is 12.4. The van der Waals surface area contributed by atoms with Gasteiger partial charge in [-0.2, -0.15) is 5.26 Å². The Hall–Kier alpha value is -4.29. The van der Waals surface area contributed by atoms with Gasteiger partial charge in [0.05, 0.1) is 30.8 Å². The molecule has 3 fully saturated rings. The van der Waals surface area contributed by atoms with Crippen molar-refractivity contribution < 1.29 is 0 Å². The summed E-state index contributed by atoms with van der Waals surface area (Å²) in [5.41, 5.74) is 4.94. The highest BCUT2D eigenvalue weighted by atomic mass is 15.3. The zero-order valence-electron chi connectivity index (χ0n) is 27.6. The minimum Gasteiger partial charge on any atom is -0.365 e. The zero-order valence-corrected chi connectivity index (χ0v) is 27.6. The molecule has 3 aromatic rings. The summed E-state index contributed by atoms with van der Waals surface area (Å²) >= 11 is 0. The number of terminal acetylenes is 2. The molecule has 5 heterocycles. The lowest BCUT2D eigenvalue weighted by molar-refractivity contribution is 0.267. The van der Waals surface area contributed by atoms with E-state index in [4.69, 9.17) is 22.8 Å². The van der Waals surface area contributed by atoms with Gasteiger partial charge in [-0.3, -0.25) is 0 Å². The molecule has 0 saturated carbocycles. The Labute approximate surface area is 275 Å². The molecule has 7 rings (SSSR count). The number of benzene rings is 2. The number of nitriles is 1. The number of aromatic nitrogens is 2. The predicted octanol–water partition coefficient (Wildman–Crippen LogP) is 4.75. The van der Waals surface area contributed by atoms with Gasteiger partial charge in [0.25, 0.3) is 0 Å². The Morgan fingerprint density at radius 3 is 2.41 bits per heavy atom. The number of likely N-dealkylation sites (tertiary alicyclic amines) is 1. The molecule has 4 aliphatic heterocycles. The average molecular weight is 617 g/mol. The van der Waals surface area contributed by atoms with Crippen molar-refractivity contribution >= 4 is 22.3 Å². The van der Waals surface area contributed by atoms with Crippen molar-refractivity contribution in [2.75, 3.05) is 68.7 Å². The molecule has 3 saturated heterocycles. The van der Waals surface area contributed by atoms with Crippen molar-refractivity contribution in [1.82, 2.24) is 25.1 Å². The number of hydrogen-bond acceptors (Lipinski definition) is 8. The van der Waals surface area contributed by atoms with Crippen LogP contribution in [0.3, 0.4) is 0 Å². The first-order chi connectivity index (χ1) is 22.6. The predicted molar refractivity (Wildman–Crippen MR) is 189 cm³/mol. The van der Waals surface area contributed by atoms with Crippen LogP contribution >= 0.6 is 0 Å². The van der Waals surface area contributed by atoms with Gasteiger partial charge in [-0.25, -0.2) is 9.97 Å². The fourth-order valence-corrected chi connectivity index (χ4v) is 6.58. The van der Waals surface area contributed by atoms with E-state index in [0.717, 1.165) is 75.9 Å². The van der Waals surface area contributed by atoms with Crippen LogP contribution in [0.2, 0.25) is 0 Å². The summed E-state index contributed by atoms with van der Waals surface area (Å²) in [6, 6.07) is 18.1. The molecule has 8 heteroatoms. The summed E-state index contributed by atoms with van der Waals surface area (Å²) in [7, 11) is 0. The number of anilines is 2. The first-order valence-corrected chi connectivity index (χ1v) is 16.9. The zero-order chi connectivity index (χ0) is 32.3. The van der Waals surface area contributed by atoms with Gasteiger partial charge in [-0.15, -0.1) is 12.3 Å². The molecular weight excluding hydrogens is 568 g/mol. The van der Waals surface area contributed by atoms with Gasteiger partial charge in [0.15, 0.2) is 0 Å². The lowest BCUT2D eigenvalue weighted by Crippen LogP contribution is -2.52. The van der Waals surface area contributed by atoms with Gasteiger partial charge in [-0.05, 0) is 56.3 Å². The molecule has 0 spiro atoms. The van der Waals surface area contributed by atoms with Crippen molar-refractivity contribution in [2.24, 2.45) is 0 Å². The van der Waals surface area contributed by atoms with E-state index >= 15 is 0 Å². The third-order valence-corrected chi connectivity index (χ3v) is 9.13. The van der Waals surface area contributed by atoms with Crippen LogP contribution in [0, 0.1) is 43.1 Å². The Morgan fingerprint density at radius 1 is 0.978 bits per heavy atom. The summed E-state index contributed by atoms with van der Waals surface area (Å²) in [5, 5.41) is 14.9. The number of nitrogens with zero attached hydrogens (tertiary/aromatic N) is 7. The van der Waals surface area contributed by atoms with Crippen LogP contribution in [-0.4, -0.2) is 84.7 Å². The van der Waals surface area contributed by atoms with Gasteiger partial charge in [0.1, 0.15) is 11.6 Å². The number of aryl methyl sites for hydroxylation is 2. The van der Waals surface area contributed by atoms with Crippen molar-refractivity contribution in [3.63, 3.8) is 0 Å². The number of rotatable bonds is 6. The van der Waals surface area contributed by atoms with E-state index in [1.165, 1.54) is 66.6 Å². The molecule has 0 radical (unpaired) electrons. The molecule has 46 heavy (non-hydrogen) atoms. The maximum absolute atomic E-state index is 9.30. The molecule has 4 aliphatic rings. The number of nitrogens with one attached hydrogen (secondary N) is 1. The molecule has 1 N–H and O–H groups in total. The van der Waals surface area contributed by atoms with Crippen LogP contribution in [0.25, 0.3) is 10.8 Å². The molecule has 8 nitrogen and oxygen atoms in total. The van der Waals surface area contributed by atoms with Crippen molar-refractivity contribution in [2.45, 2.75) is 65.0 Å². The quantitative estimate of drug-likeness (QED) is 0.314. The SMILES string of the molecule is C#CCCN1CCCC1.C#CN1CCN(c2nc(CC)nc3c2CCN(c2cccc4cccc(C)c24)C3)CC1CC#N.C1CN1. The summed E-state index contributed by atoms with van der Waals surface area (Å²) in [6.07, 6.45) is 16.6. The van der Waals surface area contributed by atoms with Crippen LogP contribution in [0.5, 0.6) is 0 Å². The van der Waals surface area contributed by atoms with E-state index in [2.05, 4.69) is 88.3 Å². The van der Waals surface area contributed by atoms with Crippen LogP contribution < -0.4 is 15.1 Å². The Balaban J connectivity index is 0.000000290. The number of fused-ring (bicyclic) bond motifs is 2. The van der Waals surface area contributed by atoms with E-state index in [1.807, 2.05) is 4.90 Å². The van der Waals surface area contributed by atoms with E-state index in [-0.39, 0.29) is 6.04 Å². The van der Waals surface area contributed by atoms with E-state index < -0.39 is 0 Å². The van der Waals surface area contributed by atoms with Crippen molar-refractivity contribution in [3.8, 4) is 30.9 Å². The third kappa shape index (κ3) is 8.29. The number of piperazine rings is 1. The first kappa shape index (κ1) is 33.1. The average Bonchev–Trinajstić information content (AvgIpc) is 3.89. The highest BCUT2D eigenvalue weighted by Gasteiger charge is 2.31. The second kappa shape index (κ2) is 16.3. The molecule has 0 amide bonds. The summed E-state index contributed by atoms with van der Waals surface area (Å²) in [5.74, 6) is 4.57. The number of hydrogen-bond donors (Lipinski definition) is 1. The standard InChI is InChI=1S/C28H30N6.C8H13N.C2H5N/c1-4-26-30-24-19-33(25-11-7-10-21-9-6-8-20(3)27(21)25)15-13-23(24)28(31-26)34-17-16-32(5-2)22(18-34)12-14-29;1-2-3-6-9-7-4-5-8-9;1-2-3-1/h2,6-11,22H,4,12-13,15-19H2,1,3H3;1H,3-8H2;3H,1-2H2. The molecule has 1 unspecified atom stereocenters. The van der Waals surface area contributed by atoms with Crippen molar-refractivity contribution in [1.29, 1.82) is 5.26 Å². The fourth-order valence-electron chi connectivity index (χ4n) is 6.58. The van der Waals surface area contributed by atoms with Gasteiger partial charge in [0, 0.05) is 81.3 Å². The molecule has 1 aromatic heterocycles. The van der Waals surface area contributed by atoms with Crippen molar-refractivity contribution in [3.05, 3.63) is 59.0 Å². The normalized spacial score (nSPS) is 18.7. The highest BCUT2D eigenvalue weighted by molar-refractivity contribution is 5.97. The lowest BCUT2D eigenvalue weighted by atomic mass is 9.99. The summed E-state index contributed by atoms with van der Waals surface area (Å²) in [6.45, 7) is 14.4. The monoisotopic (exact) mass is 616 g/mol. The van der Waals surface area contributed by atoms with E-state index in [1.54, 1.807) is 0 Å². The summed E-state index contributed by atoms with van der Waals surface area (Å²) in [4.78, 5) is 19.1. The maximum atomic E-state index is 9.30. The van der Waals surface area contributed by atoms with Gasteiger partial charge in [-0.1, -0.05) is 43.7 Å². The Kier molecular flexibility index (Phi) is 11.7. The highest BCUT2D eigenvalue weighted by Crippen LogP contribution is 2.35. The molecule has 1 atom stereocenters.